The molecule has 0 aliphatic carbocycles. The van der Waals surface area contributed by atoms with E-state index in [9.17, 15) is 0 Å². The summed E-state index contributed by atoms with van der Waals surface area (Å²) >= 11 is 7.78. The third kappa shape index (κ3) is 3.44. The molecule has 2 rings (SSSR count). The fraction of sp³-hybridized carbons (Fsp3) is 0.200. The maximum Gasteiger partial charge on any atom is 0.0646 e. The third-order valence-electron chi connectivity index (χ3n) is 2.66. The number of nitrogens with two attached hydrogens (primary N) is 1. The molecule has 2 N–H and O–H groups in total. The minimum atomic E-state index is 0.625. The van der Waals surface area contributed by atoms with Crippen LogP contribution in [0.25, 0.3) is 0 Å². The predicted octanol–water partition coefficient (Wildman–Crippen LogP) is 4.83. The van der Waals surface area contributed by atoms with Gasteiger partial charge in [-0.2, -0.15) is 0 Å². The Hall–Kier alpha value is -1.12. The third-order valence-corrected chi connectivity index (χ3v) is 4.05. The maximum absolute atomic E-state index is 6.01. The van der Waals surface area contributed by atoms with Crippen molar-refractivity contribution in [2.75, 3.05) is 5.73 Å². The Morgan fingerprint density at radius 2 is 1.72 bits per heavy atom. The molecule has 0 unspecified atom stereocenters. The lowest BCUT2D eigenvalue weighted by Gasteiger charge is -2.06. The topological polar surface area (TPSA) is 26.0 Å². The van der Waals surface area contributed by atoms with E-state index < -0.39 is 0 Å². The molecule has 0 saturated heterocycles. The zero-order valence-electron chi connectivity index (χ0n) is 10.5. The zero-order valence-corrected chi connectivity index (χ0v) is 12.1. The molecule has 1 nitrogen and oxygen atoms in total. The van der Waals surface area contributed by atoms with E-state index in [-0.39, 0.29) is 0 Å². The van der Waals surface area contributed by atoms with E-state index >= 15 is 0 Å². The van der Waals surface area contributed by atoms with Crippen LogP contribution in [0.4, 0.5) is 5.69 Å². The molecule has 0 aromatic heterocycles. The van der Waals surface area contributed by atoms with Crippen LogP contribution >= 0.6 is 23.4 Å². The lowest BCUT2D eigenvalue weighted by molar-refractivity contribution is 1.29. The lowest BCUT2D eigenvalue weighted by Crippen LogP contribution is -1.87. The second-order valence-electron chi connectivity index (χ2n) is 4.47. The van der Waals surface area contributed by atoms with E-state index in [0.29, 0.717) is 10.7 Å². The van der Waals surface area contributed by atoms with Crippen molar-refractivity contribution < 1.29 is 0 Å². The lowest BCUT2D eigenvalue weighted by atomic mass is 10.1. The van der Waals surface area contributed by atoms with Crippen LogP contribution in [-0.4, -0.2) is 0 Å². The van der Waals surface area contributed by atoms with Gasteiger partial charge in [-0.3, -0.25) is 0 Å². The molecule has 0 radical (unpaired) electrons. The molecule has 2 aromatic rings. The highest BCUT2D eigenvalue weighted by Crippen LogP contribution is 2.28. The summed E-state index contributed by atoms with van der Waals surface area (Å²) in [6.45, 7) is 4.25. The molecular formula is C15H16ClNS. The average molecular weight is 278 g/mol. The van der Waals surface area contributed by atoms with Gasteiger partial charge in [0.05, 0.1) is 10.7 Å². The van der Waals surface area contributed by atoms with Gasteiger partial charge in [-0.05, 0) is 37.6 Å². The van der Waals surface area contributed by atoms with Crippen molar-refractivity contribution in [1.82, 2.24) is 0 Å². The van der Waals surface area contributed by atoms with E-state index in [1.165, 1.54) is 16.7 Å². The monoisotopic (exact) mass is 277 g/mol. The first kappa shape index (κ1) is 13.3. The summed E-state index contributed by atoms with van der Waals surface area (Å²) in [5.74, 6) is 0.947. The Kier molecular flexibility index (Phi) is 4.20. The number of benzene rings is 2. The standard InChI is InChI=1S/C15H16ClNS/c1-10-5-11(2)7-12(6-10)9-18-13-3-4-15(17)14(16)8-13/h3-8H,9,17H2,1-2H3. The first-order chi connectivity index (χ1) is 8.54. The summed E-state index contributed by atoms with van der Waals surface area (Å²) in [7, 11) is 0. The van der Waals surface area contributed by atoms with E-state index in [1.54, 1.807) is 11.8 Å². The highest BCUT2D eigenvalue weighted by atomic mass is 35.5. The van der Waals surface area contributed by atoms with Crippen LogP contribution in [0.1, 0.15) is 16.7 Å². The van der Waals surface area contributed by atoms with Gasteiger partial charge in [0.15, 0.2) is 0 Å². The minimum Gasteiger partial charge on any atom is -0.398 e. The Morgan fingerprint density at radius 3 is 2.33 bits per heavy atom. The molecule has 18 heavy (non-hydrogen) atoms. The summed E-state index contributed by atoms with van der Waals surface area (Å²) < 4.78 is 0. The van der Waals surface area contributed by atoms with Crippen molar-refractivity contribution in [3.63, 3.8) is 0 Å². The number of hydrogen-bond donors (Lipinski definition) is 1. The van der Waals surface area contributed by atoms with Crippen LogP contribution in [0.5, 0.6) is 0 Å². The molecule has 0 saturated carbocycles. The summed E-state index contributed by atoms with van der Waals surface area (Å²) in [6.07, 6.45) is 0. The van der Waals surface area contributed by atoms with Gasteiger partial charge >= 0.3 is 0 Å². The van der Waals surface area contributed by atoms with Gasteiger partial charge in [-0.15, -0.1) is 11.8 Å². The second-order valence-corrected chi connectivity index (χ2v) is 5.92. The fourth-order valence-corrected chi connectivity index (χ4v) is 3.03. The van der Waals surface area contributed by atoms with Crippen molar-refractivity contribution in [3.8, 4) is 0 Å². The van der Waals surface area contributed by atoms with E-state index in [0.717, 1.165) is 10.6 Å². The fourth-order valence-electron chi connectivity index (χ4n) is 1.92. The van der Waals surface area contributed by atoms with Gasteiger partial charge in [0, 0.05) is 10.6 Å². The molecule has 0 heterocycles. The number of hydrogen-bond acceptors (Lipinski definition) is 2. The van der Waals surface area contributed by atoms with E-state index in [1.807, 2.05) is 18.2 Å². The van der Waals surface area contributed by atoms with Crippen LogP contribution < -0.4 is 5.73 Å². The molecule has 0 atom stereocenters. The number of aryl methyl sites for hydroxylation is 2. The number of rotatable bonds is 3. The Balaban J connectivity index is 2.08. The summed E-state index contributed by atoms with van der Waals surface area (Å²) in [5, 5.41) is 0.625. The first-order valence-corrected chi connectivity index (χ1v) is 7.16. The summed E-state index contributed by atoms with van der Waals surface area (Å²) in [6, 6.07) is 12.4. The zero-order chi connectivity index (χ0) is 13.1. The largest absolute Gasteiger partial charge is 0.398 e. The Bertz CT molecular complexity index is 546. The molecule has 0 bridgehead atoms. The number of thioether (sulfide) groups is 1. The van der Waals surface area contributed by atoms with Gasteiger partial charge in [0.25, 0.3) is 0 Å². The smallest absolute Gasteiger partial charge is 0.0646 e. The minimum absolute atomic E-state index is 0.625. The van der Waals surface area contributed by atoms with Gasteiger partial charge in [0.1, 0.15) is 0 Å². The number of nitrogen functional groups attached to an aromatic ring is 1. The average Bonchev–Trinajstić information content (AvgIpc) is 2.29. The van der Waals surface area contributed by atoms with Crippen LogP contribution in [-0.2, 0) is 5.75 Å². The SMILES string of the molecule is Cc1cc(C)cc(CSc2ccc(N)c(Cl)c2)c1. The molecule has 0 aliphatic rings. The first-order valence-electron chi connectivity index (χ1n) is 5.79. The highest BCUT2D eigenvalue weighted by Gasteiger charge is 2.01. The second kappa shape index (κ2) is 5.68. The molecule has 3 heteroatoms. The summed E-state index contributed by atoms with van der Waals surface area (Å²) in [4.78, 5) is 1.15. The van der Waals surface area contributed by atoms with Gasteiger partial charge in [0.2, 0.25) is 0 Å². The van der Waals surface area contributed by atoms with Crippen LogP contribution in [0.3, 0.4) is 0 Å². The Labute approximate surface area is 117 Å². The van der Waals surface area contributed by atoms with Gasteiger partial charge < -0.3 is 5.73 Å². The molecule has 0 fully saturated rings. The molecular weight excluding hydrogens is 262 g/mol. The van der Waals surface area contributed by atoms with Crippen molar-refractivity contribution in [1.29, 1.82) is 0 Å². The molecule has 2 aromatic carbocycles. The molecule has 0 amide bonds. The maximum atomic E-state index is 6.01. The van der Waals surface area contributed by atoms with Gasteiger partial charge in [-0.25, -0.2) is 0 Å². The normalized spacial score (nSPS) is 10.6. The quantitative estimate of drug-likeness (QED) is 0.642. The van der Waals surface area contributed by atoms with Crippen LogP contribution in [0.15, 0.2) is 41.3 Å². The number of halogens is 1. The van der Waals surface area contributed by atoms with Crippen molar-refractivity contribution in [2.24, 2.45) is 0 Å². The van der Waals surface area contributed by atoms with Crippen LogP contribution in [0, 0.1) is 13.8 Å². The Morgan fingerprint density at radius 1 is 1.06 bits per heavy atom. The summed E-state index contributed by atoms with van der Waals surface area (Å²) in [5.41, 5.74) is 10.3. The van der Waals surface area contributed by atoms with E-state index in [2.05, 4.69) is 32.0 Å². The van der Waals surface area contributed by atoms with Crippen molar-refractivity contribution in [3.05, 3.63) is 58.1 Å². The van der Waals surface area contributed by atoms with Crippen LogP contribution in [0.2, 0.25) is 5.02 Å². The molecule has 0 spiro atoms. The van der Waals surface area contributed by atoms with Crippen molar-refractivity contribution in [2.45, 2.75) is 24.5 Å². The molecule has 94 valence electrons. The van der Waals surface area contributed by atoms with Crippen molar-refractivity contribution >= 4 is 29.1 Å². The van der Waals surface area contributed by atoms with Gasteiger partial charge in [-0.1, -0.05) is 40.9 Å². The number of anilines is 1. The van der Waals surface area contributed by atoms with E-state index in [4.69, 9.17) is 17.3 Å². The molecule has 0 aliphatic heterocycles. The highest BCUT2D eigenvalue weighted by molar-refractivity contribution is 7.98. The predicted molar refractivity (Wildman–Crippen MR) is 81.3 cm³/mol.